The van der Waals surface area contributed by atoms with Gasteiger partial charge in [-0.05, 0) is 59.5 Å². The molecule has 1 aliphatic rings. The van der Waals surface area contributed by atoms with Crippen LogP contribution < -0.4 is 4.90 Å². The molecule has 2 aromatic heterocycles. The molecule has 1 aromatic carbocycles. The van der Waals surface area contributed by atoms with Gasteiger partial charge in [0.1, 0.15) is 23.0 Å². The van der Waals surface area contributed by atoms with Crippen LogP contribution in [-0.4, -0.2) is 21.3 Å². The third-order valence-electron chi connectivity index (χ3n) is 5.55. The van der Waals surface area contributed by atoms with Crippen LogP contribution >= 0.6 is 27.5 Å². The van der Waals surface area contributed by atoms with Gasteiger partial charge in [0.15, 0.2) is 0 Å². The number of carbonyl (C=O) groups is 1. The molecule has 29 heavy (non-hydrogen) atoms. The molecule has 0 atom stereocenters. The number of fused-ring (bicyclic) bond motifs is 1. The van der Waals surface area contributed by atoms with E-state index >= 15 is 0 Å². The second-order valence-electron chi connectivity index (χ2n) is 7.60. The second-order valence-corrected chi connectivity index (χ2v) is 8.92. The van der Waals surface area contributed by atoms with Gasteiger partial charge in [-0.25, -0.2) is 9.37 Å². The molecule has 0 unspecified atom stereocenters. The molecule has 0 saturated heterocycles. The molecular weight excluding hydrogens is 457 g/mol. The summed E-state index contributed by atoms with van der Waals surface area (Å²) in [5.41, 5.74) is 2.23. The zero-order valence-electron chi connectivity index (χ0n) is 16.4. The quantitative estimate of drug-likeness (QED) is 0.428. The number of imidazole rings is 1. The van der Waals surface area contributed by atoms with Crippen molar-refractivity contribution in [1.82, 2.24) is 9.38 Å². The summed E-state index contributed by atoms with van der Waals surface area (Å²) in [5, 5.41) is 0.276. The van der Waals surface area contributed by atoms with Crippen molar-refractivity contribution in [2.24, 2.45) is 0 Å². The first-order chi connectivity index (χ1) is 13.9. The topological polar surface area (TPSA) is 37.6 Å². The van der Waals surface area contributed by atoms with Crippen LogP contribution in [0.2, 0.25) is 5.02 Å². The number of aromatic nitrogens is 2. The fourth-order valence-electron chi connectivity index (χ4n) is 4.30. The Balaban J connectivity index is 2.06. The molecule has 152 valence electrons. The van der Waals surface area contributed by atoms with Crippen molar-refractivity contribution >= 4 is 44.9 Å². The Hall–Kier alpha value is -1.92. The minimum atomic E-state index is -0.453. The zero-order valence-corrected chi connectivity index (χ0v) is 18.7. The predicted molar refractivity (Wildman–Crippen MR) is 118 cm³/mol. The summed E-state index contributed by atoms with van der Waals surface area (Å²) < 4.78 is 17.6. The van der Waals surface area contributed by atoms with Crippen molar-refractivity contribution in [2.45, 2.75) is 52.0 Å². The average Bonchev–Trinajstić information content (AvgIpc) is 3.02. The van der Waals surface area contributed by atoms with Gasteiger partial charge < -0.3 is 0 Å². The fraction of sp³-hybridized carbons (Fsp3) is 0.364. The molecule has 0 bridgehead atoms. The van der Waals surface area contributed by atoms with Gasteiger partial charge in [0.2, 0.25) is 5.91 Å². The van der Waals surface area contributed by atoms with Crippen molar-refractivity contribution in [3.63, 3.8) is 0 Å². The number of anilines is 1. The predicted octanol–water partition coefficient (Wildman–Crippen LogP) is 6.55. The van der Waals surface area contributed by atoms with Crippen LogP contribution in [0, 0.1) is 12.7 Å². The second kappa shape index (κ2) is 8.07. The van der Waals surface area contributed by atoms with E-state index in [9.17, 15) is 9.18 Å². The van der Waals surface area contributed by atoms with Gasteiger partial charge in [0.25, 0.3) is 0 Å². The molecule has 7 heteroatoms. The molecule has 0 spiro atoms. The summed E-state index contributed by atoms with van der Waals surface area (Å²) in [4.78, 5) is 19.4. The maximum Gasteiger partial charge on any atom is 0.225 e. The van der Waals surface area contributed by atoms with E-state index in [-0.39, 0.29) is 22.5 Å². The van der Waals surface area contributed by atoms with E-state index in [1.54, 1.807) is 24.0 Å². The van der Waals surface area contributed by atoms with Gasteiger partial charge in [0.05, 0.1) is 10.6 Å². The third-order valence-corrected chi connectivity index (χ3v) is 6.30. The number of aryl methyl sites for hydroxylation is 1. The maximum atomic E-state index is 14.9. The average molecular weight is 479 g/mol. The Morgan fingerprint density at radius 1 is 1.31 bits per heavy atom. The molecule has 0 aliphatic heterocycles. The van der Waals surface area contributed by atoms with Crippen LogP contribution in [0.15, 0.2) is 34.9 Å². The van der Waals surface area contributed by atoms with Crippen LogP contribution in [0.4, 0.5) is 10.2 Å². The number of hydrogen-bond acceptors (Lipinski definition) is 2. The lowest BCUT2D eigenvalue weighted by Crippen LogP contribution is -2.41. The van der Waals surface area contributed by atoms with E-state index in [0.717, 1.165) is 35.7 Å². The fourth-order valence-corrected chi connectivity index (χ4v) is 5.10. The van der Waals surface area contributed by atoms with Gasteiger partial charge in [-0.15, -0.1) is 0 Å². The Morgan fingerprint density at radius 3 is 2.69 bits per heavy atom. The van der Waals surface area contributed by atoms with Crippen molar-refractivity contribution in [3.05, 3.63) is 51.3 Å². The molecule has 4 nitrogen and oxygen atoms in total. The molecule has 0 N–H and O–H groups in total. The van der Waals surface area contributed by atoms with Crippen LogP contribution in [0.3, 0.4) is 0 Å². The van der Waals surface area contributed by atoms with Gasteiger partial charge in [-0.1, -0.05) is 36.9 Å². The lowest BCUT2D eigenvalue weighted by atomic mass is 9.94. The minimum Gasteiger partial charge on any atom is -0.293 e. The first-order valence-electron chi connectivity index (χ1n) is 9.81. The number of carbonyl (C=O) groups excluding carboxylic acids is 1. The van der Waals surface area contributed by atoms with Crippen molar-refractivity contribution in [1.29, 1.82) is 0 Å². The smallest absolute Gasteiger partial charge is 0.225 e. The number of rotatable bonds is 3. The lowest BCUT2D eigenvalue weighted by Gasteiger charge is -2.34. The highest BCUT2D eigenvalue weighted by atomic mass is 79.9. The lowest BCUT2D eigenvalue weighted by molar-refractivity contribution is -0.117. The van der Waals surface area contributed by atoms with E-state index in [1.807, 2.05) is 23.6 Å². The Labute approximate surface area is 182 Å². The number of hydrogen-bond donors (Lipinski definition) is 0. The molecule has 4 rings (SSSR count). The summed E-state index contributed by atoms with van der Waals surface area (Å²) in [7, 11) is 0. The number of benzene rings is 1. The first kappa shape index (κ1) is 20.4. The Bertz CT molecular complexity index is 1070. The molecule has 1 amide bonds. The highest BCUT2D eigenvalue weighted by molar-refractivity contribution is 9.10. The van der Waals surface area contributed by atoms with E-state index in [1.165, 1.54) is 12.5 Å². The van der Waals surface area contributed by atoms with Crippen LogP contribution in [0.1, 0.15) is 44.6 Å². The van der Waals surface area contributed by atoms with Crippen molar-refractivity contribution < 1.29 is 9.18 Å². The van der Waals surface area contributed by atoms with Crippen LogP contribution in [-0.2, 0) is 4.79 Å². The maximum absolute atomic E-state index is 14.9. The summed E-state index contributed by atoms with van der Waals surface area (Å²) >= 11 is 9.94. The standard InChI is InChI=1S/C22H22BrClFN3O/c1-13-11-15(23)12-27-21(13)26-20(19-17(24)9-6-10-18(19)25)22(27)28(14(2)29)16-7-4-3-5-8-16/h6,9-12,16H,3-5,7-8H2,1-2H3. The van der Waals surface area contributed by atoms with Gasteiger partial charge >= 0.3 is 0 Å². The van der Waals surface area contributed by atoms with Crippen LogP contribution in [0.25, 0.3) is 16.9 Å². The van der Waals surface area contributed by atoms with Crippen LogP contribution in [0.5, 0.6) is 0 Å². The minimum absolute atomic E-state index is 0.0599. The SMILES string of the molecule is CC(=O)N(c1c(-c2c(F)cccc2Cl)nc2c(C)cc(Br)cn12)C1CCCCC1. The highest BCUT2D eigenvalue weighted by Crippen LogP contribution is 2.40. The molecule has 3 aromatic rings. The molecule has 2 heterocycles. The first-order valence-corrected chi connectivity index (χ1v) is 11.0. The normalized spacial score (nSPS) is 15.1. The van der Waals surface area contributed by atoms with Crippen molar-refractivity contribution in [3.8, 4) is 11.3 Å². The molecule has 1 fully saturated rings. The third kappa shape index (κ3) is 3.68. The van der Waals surface area contributed by atoms with Crippen molar-refractivity contribution in [2.75, 3.05) is 4.90 Å². The Morgan fingerprint density at radius 2 is 2.03 bits per heavy atom. The number of halogens is 3. The largest absolute Gasteiger partial charge is 0.293 e. The number of nitrogens with zero attached hydrogens (tertiary/aromatic N) is 3. The molecule has 1 saturated carbocycles. The molecule has 1 aliphatic carbocycles. The van der Waals surface area contributed by atoms with Gasteiger partial charge in [-0.3, -0.25) is 14.1 Å². The van der Waals surface area contributed by atoms with E-state index in [0.29, 0.717) is 17.2 Å². The Kier molecular flexibility index (Phi) is 5.67. The molecular formula is C22H22BrClFN3O. The van der Waals surface area contributed by atoms with Gasteiger partial charge in [0, 0.05) is 23.6 Å². The number of pyridine rings is 1. The summed E-state index contributed by atoms with van der Waals surface area (Å²) in [6.45, 7) is 3.51. The summed E-state index contributed by atoms with van der Waals surface area (Å²) in [6, 6.07) is 6.61. The number of amides is 1. The van der Waals surface area contributed by atoms with Gasteiger partial charge in [-0.2, -0.15) is 0 Å². The monoisotopic (exact) mass is 477 g/mol. The zero-order chi connectivity index (χ0) is 20.7. The van der Waals surface area contributed by atoms with E-state index in [4.69, 9.17) is 16.6 Å². The molecule has 0 radical (unpaired) electrons. The summed E-state index contributed by atoms with van der Waals surface area (Å²) in [5.74, 6) is 0.0480. The highest BCUT2D eigenvalue weighted by Gasteiger charge is 2.32. The van der Waals surface area contributed by atoms with E-state index < -0.39 is 5.82 Å². The summed E-state index contributed by atoms with van der Waals surface area (Å²) in [6.07, 6.45) is 7.04. The van der Waals surface area contributed by atoms with E-state index in [2.05, 4.69) is 15.9 Å².